The zero-order chi connectivity index (χ0) is 5.82. The van der Waals surface area contributed by atoms with E-state index in [9.17, 15) is 0 Å². The summed E-state index contributed by atoms with van der Waals surface area (Å²) in [5.74, 6) is 0.771. The third-order valence-electron chi connectivity index (χ3n) is 1.52. The second-order valence-electron chi connectivity index (χ2n) is 2.25. The molecule has 0 spiro atoms. The summed E-state index contributed by atoms with van der Waals surface area (Å²) in [5, 5.41) is 0. The van der Waals surface area contributed by atoms with Crippen molar-refractivity contribution in [3.05, 3.63) is 12.7 Å². The van der Waals surface area contributed by atoms with Gasteiger partial charge in [-0.25, -0.2) is 0 Å². The van der Waals surface area contributed by atoms with Crippen LogP contribution in [0, 0.1) is 5.92 Å². The summed E-state index contributed by atoms with van der Waals surface area (Å²) in [7, 11) is 0. The van der Waals surface area contributed by atoms with E-state index in [1.165, 1.54) is 6.42 Å². The van der Waals surface area contributed by atoms with Gasteiger partial charge in [0.2, 0.25) is 0 Å². The summed E-state index contributed by atoms with van der Waals surface area (Å²) in [5.41, 5.74) is 0. The highest BCUT2D eigenvalue weighted by Crippen LogP contribution is 2.15. The summed E-state index contributed by atoms with van der Waals surface area (Å²) < 4.78 is 5.16. The van der Waals surface area contributed by atoms with Gasteiger partial charge in [-0.05, 0) is 18.8 Å². The number of hydrogen-bond donors (Lipinski definition) is 0. The van der Waals surface area contributed by atoms with Gasteiger partial charge in [0, 0.05) is 13.2 Å². The van der Waals surface area contributed by atoms with E-state index in [2.05, 4.69) is 6.58 Å². The van der Waals surface area contributed by atoms with E-state index in [0.29, 0.717) is 0 Å². The summed E-state index contributed by atoms with van der Waals surface area (Å²) in [6, 6.07) is 0. The Balaban J connectivity index is 2.14. The van der Waals surface area contributed by atoms with Gasteiger partial charge in [-0.15, -0.1) is 6.58 Å². The topological polar surface area (TPSA) is 9.23 Å². The Morgan fingerprint density at radius 2 is 2.62 bits per heavy atom. The Bertz CT molecular complexity index is 72.5. The fourth-order valence-electron chi connectivity index (χ4n) is 1.00. The minimum Gasteiger partial charge on any atom is -0.381 e. The SMILES string of the molecule is C=CC[C@H]1CCOC1. The lowest BCUT2D eigenvalue weighted by atomic mass is 10.1. The first-order valence-electron chi connectivity index (χ1n) is 3.12. The lowest BCUT2D eigenvalue weighted by Gasteiger charge is -1.98. The lowest BCUT2D eigenvalue weighted by Crippen LogP contribution is -1.95. The molecule has 1 heteroatoms. The third-order valence-corrected chi connectivity index (χ3v) is 1.52. The maximum atomic E-state index is 5.16. The Kier molecular flexibility index (Phi) is 2.10. The molecule has 1 saturated heterocycles. The molecule has 8 heavy (non-hydrogen) atoms. The van der Waals surface area contributed by atoms with Crippen LogP contribution in [0.1, 0.15) is 12.8 Å². The predicted molar refractivity (Wildman–Crippen MR) is 33.7 cm³/mol. The van der Waals surface area contributed by atoms with Crippen LogP contribution in [0.3, 0.4) is 0 Å². The van der Waals surface area contributed by atoms with Gasteiger partial charge < -0.3 is 4.74 Å². The van der Waals surface area contributed by atoms with Crippen molar-refractivity contribution in [1.82, 2.24) is 0 Å². The molecule has 0 aliphatic carbocycles. The first kappa shape index (κ1) is 5.83. The van der Waals surface area contributed by atoms with Crippen LogP contribution in [0.2, 0.25) is 0 Å². The molecular weight excluding hydrogens is 100 g/mol. The number of ether oxygens (including phenoxy) is 1. The zero-order valence-corrected chi connectivity index (χ0v) is 5.10. The molecule has 1 atom stereocenters. The van der Waals surface area contributed by atoms with Crippen LogP contribution in [0.15, 0.2) is 12.7 Å². The normalized spacial score (nSPS) is 28.2. The van der Waals surface area contributed by atoms with Gasteiger partial charge in [0.05, 0.1) is 0 Å². The van der Waals surface area contributed by atoms with Crippen LogP contribution in [0.25, 0.3) is 0 Å². The Morgan fingerprint density at radius 1 is 1.75 bits per heavy atom. The molecule has 0 radical (unpaired) electrons. The van der Waals surface area contributed by atoms with Gasteiger partial charge in [-0.1, -0.05) is 6.08 Å². The zero-order valence-electron chi connectivity index (χ0n) is 5.10. The predicted octanol–water partition coefficient (Wildman–Crippen LogP) is 1.60. The summed E-state index contributed by atoms with van der Waals surface area (Å²) in [4.78, 5) is 0. The minimum absolute atomic E-state index is 0.771. The summed E-state index contributed by atoms with van der Waals surface area (Å²) in [6.45, 7) is 5.58. The van der Waals surface area contributed by atoms with E-state index < -0.39 is 0 Å². The fraction of sp³-hybridized carbons (Fsp3) is 0.714. The maximum absolute atomic E-state index is 5.16. The molecule has 0 N–H and O–H groups in total. The number of hydrogen-bond acceptors (Lipinski definition) is 1. The average molecular weight is 112 g/mol. The van der Waals surface area contributed by atoms with Crippen LogP contribution >= 0.6 is 0 Å². The minimum atomic E-state index is 0.771. The monoisotopic (exact) mass is 112 g/mol. The molecule has 1 nitrogen and oxygen atoms in total. The van der Waals surface area contributed by atoms with Crippen molar-refractivity contribution in [3.63, 3.8) is 0 Å². The van der Waals surface area contributed by atoms with Crippen LogP contribution in [-0.2, 0) is 4.74 Å². The Morgan fingerprint density at radius 3 is 3.12 bits per heavy atom. The molecule has 1 rings (SSSR count). The van der Waals surface area contributed by atoms with Crippen LogP contribution in [-0.4, -0.2) is 13.2 Å². The summed E-state index contributed by atoms with van der Waals surface area (Å²) >= 11 is 0. The Labute approximate surface area is 50.3 Å². The smallest absolute Gasteiger partial charge is 0.0498 e. The molecule has 0 amide bonds. The first-order chi connectivity index (χ1) is 3.93. The van der Waals surface area contributed by atoms with Crippen LogP contribution in [0.5, 0.6) is 0 Å². The maximum Gasteiger partial charge on any atom is 0.0498 e. The third kappa shape index (κ3) is 1.34. The van der Waals surface area contributed by atoms with Gasteiger partial charge in [0.15, 0.2) is 0 Å². The quantitative estimate of drug-likeness (QED) is 0.493. The second-order valence-corrected chi connectivity index (χ2v) is 2.25. The van der Waals surface area contributed by atoms with Crippen LogP contribution in [0.4, 0.5) is 0 Å². The van der Waals surface area contributed by atoms with Crippen molar-refractivity contribution in [1.29, 1.82) is 0 Å². The highest BCUT2D eigenvalue weighted by molar-refractivity contribution is 4.75. The van der Waals surface area contributed by atoms with E-state index in [-0.39, 0.29) is 0 Å². The highest BCUT2D eigenvalue weighted by Gasteiger charge is 2.12. The van der Waals surface area contributed by atoms with Gasteiger partial charge in [0.25, 0.3) is 0 Å². The first-order valence-corrected chi connectivity index (χ1v) is 3.12. The molecule has 1 heterocycles. The molecule has 0 aromatic heterocycles. The molecule has 1 aliphatic rings. The van der Waals surface area contributed by atoms with E-state index in [4.69, 9.17) is 4.74 Å². The Hall–Kier alpha value is -0.300. The standard InChI is InChI=1S/C7H12O/c1-2-3-7-4-5-8-6-7/h2,7H,1,3-6H2/t7-/m0/s1. The van der Waals surface area contributed by atoms with Crippen LogP contribution < -0.4 is 0 Å². The molecule has 1 aliphatic heterocycles. The number of rotatable bonds is 2. The molecule has 0 bridgehead atoms. The van der Waals surface area contributed by atoms with Gasteiger partial charge in [-0.3, -0.25) is 0 Å². The second kappa shape index (κ2) is 2.88. The van der Waals surface area contributed by atoms with Crippen molar-refractivity contribution < 1.29 is 4.74 Å². The van der Waals surface area contributed by atoms with Gasteiger partial charge >= 0.3 is 0 Å². The molecule has 0 aromatic carbocycles. The van der Waals surface area contributed by atoms with Gasteiger partial charge in [-0.2, -0.15) is 0 Å². The average Bonchev–Trinajstić information content (AvgIpc) is 2.19. The summed E-state index contributed by atoms with van der Waals surface area (Å²) in [6.07, 6.45) is 4.32. The van der Waals surface area contributed by atoms with Gasteiger partial charge in [0.1, 0.15) is 0 Å². The number of allylic oxidation sites excluding steroid dienone is 1. The van der Waals surface area contributed by atoms with E-state index in [1.807, 2.05) is 6.08 Å². The van der Waals surface area contributed by atoms with E-state index in [1.54, 1.807) is 0 Å². The van der Waals surface area contributed by atoms with Crippen molar-refractivity contribution in [2.45, 2.75) is 12.8 Å². The molecule has 46 valence electrons. The van der Waals surface area contributed by atoms with E-state index in [0.717, 1.165) is 25.6 Å². The fourth-order valence-corrected chi connectivity index (χ4v) is 1.00. The molecular formula is C7H12O. The largest absolute Gasteiger partial charge is 0.381 e. The molecule has 0 saturated carbocycles. The molecule has 1 fully saturated rings. The molecule has 0 aromatic rings. The lowest BCUT2D eigenvalue weighted by molar-refractivity contribution is 0.186. The van der Waals surface area contributed by atoms with Crippen molar-refractivity contribution in [3.8, 4) is 0 Å². The van der Waals surface area contributed by atoms with E-state index >= 15 is 0 Å². The molecule has 0 unspecified atom stereocenters. The van der Waals surface area contributed by atoms with Crippen molar-refractivity contribution in [2.24, 2.45) is 5.92 Å². The van der Waals surface area contributed by atoms with Crippen molar-refractivity contribution in [2.75, 3.05) is 13.2 Å². The highest BCUT2D eigenvalue weighted by atomic mass is 16.5. The van der Waals surface area contributed by atoms with Crippen molar-refractivity contribution >= 4 is 0 Å².